The van der Waals surface area contributed by atoms with E-state index in [1.807, 2.05) is 25.9 Å². The van der Waals surface area contributed by atoms with Gasteiger partial charge < -0.3 is 9.64 Å². The molecule has 0 unspecified atom stereocenters. The van der Waals surface area contributed by atoms with Gasteiger partial charge in [0.1, 0.15) is 5.60 Å². The largest absolute Gasteiger partial charge is 0.444 e. The Morgan fingerprint density at radius 2 is 1.73 bits per heavy atom. The second kappa shape index (κ2) is 9.23. The molecule has 8 heteroatoms. The molecular formula is C18H31N3O4S. The number of sulfonamides is 1. The fraction of sp³-hybridized carbons (Fsp3) is 0.611. The Balaban J connectivity index is 2.83. The summed E-state index contributed by atoms with van der Waals surface area (Å²) in [6, 6.07) is 6.55. The topological polar surface area (TPSA) is 79.0 Å². The van der Waals surface area contributed by atoms with Crippen molar-refractivity contribution in [1.29, 1.82) is 0 Å². The molecule has 0 heterocycles. The quantitative estimate of drug-likeness (QED) is 0.696. The van der Waals surface area contributed by atoms with E-state index in [1.165, 1.54) is 4.90 Å². The lowest BCUT2D eigenvalue weighted by molar-refractivity contribution is 0.0245. The van der Waals surface area contributed by atoms with E-state index < -0.39 is 21.7 Å². The van der Waals surface area contributed by atoms with Gasteiger partial charge in [-0.3, -0.25) is 4.90 Å². The zero-order valence-electron chi connectivity index (χ0n) is 16.6. The van der Waals surface area contributed by atoms with Crippen LogP contribution >= 0.6 is 0 Å². The lowest BCUT2D eigenvalue weighted by Crippen LogP contribution is -2.44. The van der Waals surface area contributed by atoms with Crippen molar-refractivity contribution in [3.63, 3.8) is 0 Å². The summed E-state index contributed by atoms with van der Waals surface area (Å²) in [6.45, 7) is 7.63. The van der Waals surface area contributed by atoms with Crippen molar-refractivity contribution in [2.75, 3.05) is 32.2 Å². The Labute approximate surface area is 157 Å². The molecule has 0 radical (unpaired) electrons. The maximum Gasteiger partial charge on any atom is 0.411 e. The van der Waals surface area contributed by atoms with E-state index >= 15 is 0 Å². The minimum absolute atomic E-state index is 0.132. The third-order valence-corrected chi connectivity index (χ3v) is 4.94. The number of hydrogen-bond donors (Lipinski definition) is 1. The van der Waals surface area contributed by atoms with Crippen LogP contribution in [0.15, 0.2) is 29.2 Å². The molecule has 0 aliphatic rings. The molecule has 0 saturated carbocycles. The van der Waals surface area contributed by atoms with Crippen LogP contribution in [0.5, 0.6) is 0 Å². The minimum Gasteiger partial charge on any atom is -0.444 e. The standard InChI is InChI=1S/C18H31N3O4S/c1-7-8-13-21(17(22)25-18(2,3)4)14-19-26(23,24)16-11-9-15(10-12-16)20(5)6/h9-12,19H,7-8,13-14H2,1-6H3. The van der Waals surface area contributed by atoms with Crippen LogP contribution in [0.25, 0.3) is 0 Å². The zero-order valence-corrected chi connectivity index (χ0v) is 17.4. The van der Waals surface area contributed by atoms with Crippen LogP contribution in [-0.2, 0) is 14.8 Å². The molecule has 7 nitrogen and oxygen atoms in total. The molecule has 0 aromatic heterocycles. The Kier molecular flexibility index (Phi) is 7.89. The number of anilines is 1. The van der Waals surface area contributed by atoms with Crippen LogP contribution in [0.4, 0.5) is 10.5 Å². The molecule has 1 amide bonds. The van der Waals surface area contributed by atoms with E-state index in [-0.39, 0.29) is 11.6 Å². The first-order valence-electron chi connectivity index (χ1n) is 8.71. The van der Waals surface area contributed by atoms with E-state index in [9.17, 15) is 13.2 Å². The number of rotatable bonds is 8. The highest BCUT2D eigenvalue weighted by Crippen LogP contribution is 2.16. The molecule has 1 aromatic rings. The van der Waals surface area contributed by atoms with Gasteiger partial charge >= 0.3 is 6.09 Å². The maximum atomic E-state index is 12.5. The predicted octanol–water partition coefficient (Wildman–Crippen LogP) is 3.03. The van der Waals surface area contributed by atoms with Gasteiger partial charge in [-0.2, -0.15) is 4.72 Å². The van der Waals surface area contributed by atoms with Crippen LogP contribution in [0.2, 0.25) is 0 Å². The van der Waals surface area contributed by atoms with Crippen LogP contribution in [-0.4, -0.2) is 52.3 Å². The highest BCUT2D eigenvalue weighted by Gasteiger charge is 2.23. The average molecular weight is 386 g/mol. The van der Waals surface area contributed by atoms with Crippen molar-refractivity contribution < 1.29 is 17.9 Å². The molecule has 148 valence electrons. The van der Waals surface area contributed by atoms with Gasteiger partial charge in [0.25, 0.3) is 0 Å². The van der Waals surface area contributed by atoms with E-state index in [0.717, 1.165) is 18.5 Å². The van der Waals surface area contributed by atoms with Crippen molar-refractivity contribution >= 4 is 21.8 Å². The monoisotopic (exact) mass is 385 g/mol. The lowest BCUT2D eigenvalue weighted by Gasteiger charge is -2.27. The number of amides is 1. The molecule has 1 N–H and O–H groups in total. The first kappa shape index (κ1) is 22.2. The first-order valence-corrected chi connectivity index (χ1v) is 10.2. The number of unbranched alkanes of at least 4 members (excludes halogenated alkanes) is 1. The fourth-order valence-corrected chi connectivity index (χ4v) is 3.07. The molecule has 1 aromatic carbocycles. The van der Waals surface area contributed by atoms with Gasteiger partial charge in [-0.1, -0.05) is 13.3 Å². The van der Waals surface area contributed by atoms with Crippen molar-refractivity contribution in [2.24, 2.45) is 0 Å². The lowest BCUT2D eigenvalue weighted by atomic mass is 10.2. The summed E-state index contributed by atoms with van der Waals surface area (Å²) < 4.78 is 32.8. The summed E-state index contributed by atoms with van der Waals surface area (Å²) >= 11 is 0. The van der Waals surface area contributed by atoms with Gasteiger partial charge in [-0.05, 0) is 51.5 Å². The Bertz CT molecular complexity index is 679. The van der Waals surface area contributed by atoms with Crippen molar-refractivity contribution in [2.45, 2.75) is 51.0 Å². The highest BCUT2D eigenvalue weighted by atomic mass is 32.2. The summed E-state index contributed by atoms with van der Waals surface area (Å²) in [6.07, 6.45) is 1.12. The maximum absolute atomic E-state index is 12.5. The van der Waals surface area contributed by atoms with Crippen molar-refractivity contribution in [1.82, 2.24) is 9.62 Å². The molecule has 1 rings (SSSR count). The number of ether oxygens (including phenoxy) is 1. The SMILES string of the molecule is CCCCN(CNS(=O)(=O)c1ccc(N(C)C)cc1)C(=O)OC(C)(C)C. The van der Waals surface area contributed by atoms with Gasteiger partial charge in [-0.25, -0.2) is 13.2 Å². The molecule has 0 bridgehead atoms. The Hall–Kier alpha value is -1.80. The van der Waals surface area contributed by atoms with E-state index in [1.54, 1.807) is 45.0 Å². The molecular weight excluding hydrogens is 354 g/mol. The van der Waals surface area contributed by atoms with Gasteiger partial charge in [0, 0.05) is 26.3 Å². The summed E-state index contributed by atoms with van der Waals surface area (Å²) in [5, 5.41) is 0. The van der Waals surface area contributed by atoms with Gasteiger partial charge in [-0.15, -0.1) is 0 Å². The van der Waals surface area contributed by atoms with Crippen molar-refractivity contribution in [3.05, 3.63) is 24.3 Å². The van der Waals surface area contributed by atoms with Crippen LogP contribution in [0.3, 0.4) is 0 Å². The van der Waals surface area contributed by atoms with Crippen LogP contribution in [0.1, 0.15) is 40.5 Å². The Morgan fingerprint density at radius 3 is 2.19 bits per heavy atom. The van der Waals surface area contributed by atoms with Gasteiger partial charge in [0.05, 0.1) is 11.6 Å². The summed E-state index contributed by atoms with van der Waals surface area (Å²) in [7, 11) is 0.0482. The van der Waals surface area contributed by atoms with Crippen LogP contribution in [0, 0.1) is 0 Å². The smallest absolute Gasteiger partial charge is 0.411 e. The van der Waals surface area contributed by atoms with E-state index in [4.69, 9.17) is 4.74 Å². The zero-order chi connectivity index (χ0) is 20.0. The summed E-state index contributed by atoms with van der Waals surface area (Å²) in [4.78, 5) is 15.7. The minimum atomic E-state index is -3.72. The number of carbonyl (C=O) groups is 1. The molecule has 0 aliphatic carbocycles. The van der Waals surface area contributed by atoms with Crippen LogP contribution < -0.4 is 9.62 Å². The van der Waals surface area contributed by atoms with E-state index in [2.05, 4.69) is 4.72 Å². The predicted molar refractivity (Wildman–Crippen MR) is 104 cm³/mol. The molecule has 0 fully saturated rings. The summed E-state index contributed by atoms with van der Waals surface area (Å²) in [5.41, 5.74) is 0.268. The average Bonchev–Trinajstić information content (AvgIpc) is 2.53. The fourth-order valence-electron chi connectivity index (χ4n) is 2.08. The highest BCUT2D eigenvalue weighted by molar-refractivity contribution is 7.89. The molecule has 0 atom stereocenters. The number of carbonyl (C=O) groups excluding carboxylic acids is 1. The summed E-state index contributed by atoms with van der Waals surface area (Å²) in [5.74, 6) is 0. The molecule has 26 heavy (non-hydrogen) atoms. The third-order valence-electron chi connectivity index (χ3n) is 3.54. The van der Waals surface area contributed by atoms with Gasteiger partial charge in [0.2, 0.25) is 10.0 Å². The van der Waals surface area contributed by atoms with Gasteiger partial charge in [0.15, 0.2) is 0 Å². The van der Waals surface area contributed by atoms with E-state index in [0.29, 0.717) is 6.54 Å². The molecule has 0 saturated heterocycles. The second-order valence-corrected chi connectivity index (χ2v) is 9.06. The van der Waals surface area contributed by atoms with Crippen molar-refractivity contribution in [3.8, 4) is 0 Å². The Morgan fingerprint density at radius 1 is 1.15 bits per heavy atom. The molecule has 0 spiro atoms. The third kappa shape index (κ3) is 7.21. The number of nitrogens with zero attached hydrogens (tertiary/aromatic N) is 2. The number of benzene rings is 1. The normalized spacial score (nSPS) is 11.9. The molecule has 0 aliphatic heterocycles. The second-order valence-electron chi connectivity index (χ2n) is 7.29. The number of hydrogen-bond acceptors (Lipinski definition) is 5. The first-order chi connectivity index (χ1) is 12.0. The number of nitrogens with one attached hydrogen (secondary N) is 1.